The van der Waals surface area contributed by atoms with Gasteiger partial charge in [-0.05, 0) is 49.4 Å². The third kappa shape index (κ3) is 3.92. The molecule has 0 bridgehead atoms. The zero-order valence-corrected chi connectivity index (χ0v) is 15.1. The molecule has 0 radical (unpaired) electrons. The topological polar surface area (TPSA) is 72.9 Å². The Hall–Kier alpha value is -3.35. The van der Waals surface area contributed by atoms with Crippen LogP contribution in [0.15, 0.2) is 51.3 Å². The second kappa shape index (κ2) is 7.49. The fourth-order valence-corrected chi connectivity index (χ4v) is 2.65. The van der Waals surface area contributed by atoms with Gasteiger partial charge in [-0.25, -0.2) is 9.18 Å². The molecule has 3 rings (SSSR count). The summed E-state index contributed by atoms with van der Waals surface area (Å²) in [5.41, 5.74) is 0.993. The number of nitrogens with zero attached hydrogens (tertiary/aromatic N) is 1. The largest absolute Gasteiger partial charge is 0.465 e. The minimum Gasteiger partial charge on any atom is -0.465 e. The van der Waals surface area contributed by atoms with Crippen LogP contribution in [0.2, 0.25) is 0 Å². The van der Waals surface area contributed by atoms with E-state index in [-0.39, 0.29) is 24.0 Å². The highest BCUT2D eigenvalue weighted by Crippen LogP contribution is 2.24. The molecule has 0 aliphatic rings. The Morgan fingerprint density at radius 1 is 1.11 bits per heavy atom. The third-order valence-corrected chi connectivity index (χ3v) is 4.06. The van der Waals surface area contributed by atoms with Gasteiger partial charge in [0.15, 0.2) is 5.76 Å². The predicted octanol–water partition coefficient (Wildman–Crippen LogP) is 4.05. The number of aryl methyl sites for hydroxylation is 1. The highest BCUT2D eigenvalue weighted by molar-refractivity contribution is 5.92. The first-order valence-electron chi connectivity index (χ1n) is 8.18. The molecule has 1 aromatic carbocycles. The Morgan fingerprint density at radius 2 is 1.81 bits per heavy atom. The Labute approximate surface area is 155 Å². The Kier molecular flexibility index (Phi) is 5.12. The third-order valence-electron chi connectivity index (χ3n) is 4.06. The van der Waals surface area contributed by atoms with Gasteiger partial charge in [-0.2, -0.15) is 0 Å². The van der Waals surface area contributed by atoms with Crippen molar-refractivity contribution in [1.29, 1.82) is 0 Å². The smallest absolute Gasteiger partial charge is 0.341 e. The summed E-state index contributed by atoms with van der Waals surface area (Å²) in [4.78, 5) is 25.6. The normalized spacial score (nSPS) is 10.7. The molecule has 0 spiro atoms. The molecule has 0 aliphatic heterocycles. The van der Waals surface area contributed by atoms with Gasteiger partial charge in [0.25, 0.3) is 5.91 Å². The van der Waals surface area contributed by atoms with E-state index in [2.05, 4.69) is 4.74 Å². The summed E-state index contributed by atoms with van der Waals surface area (Å²) in [6, 6.07) is 10.6. The fourth-order valence-electron chi connectivity index (χ4n) is 2.65. The molecule has 0 atom stereocenters. The molecule has 0 N–H and O–H groups in total. The number of amides is 1. The number of benzene rings is 1. The first-order valence-corrected chi connectivity index (χ1v) is 8.18. The Morgan fingerprint density at radius 3 is 2.48 bits per heavy atom. The van der Waals surface area contributed by atoms with E-state index in [1.807, 2.05) is 0 Å². The van der Waals surface area contributed by atoms with Crippen molar-refractivity contribution in [2.45, 2.75) is 13.5 Å². The van der Waals surface area contributed by atoms with Crippen LogP contribution < -0.4 is 0 Å². The lowest BCUT2D eigenvalue weighted by atomic mass is 10.2. The molecule has 3 aromatic rings. The van der Waals surface area contributed by atoms with Crippen molar-refractivity contribution in [3.8, 4) is 11.3 Å². The number of carbonyl (C=O) groups is 2. The van der Waals surface area contributed by atoms with E-state index in [4.69, 9.17) is 8.83 Å². The van der Waals surface area contributed by atoms with Gasteiger partial charge < -0.3 is 18.5 Å². The van der Waals surface area contributed by atoms with E-state index in [9.17, 15) is 14.0 Å². The monoisotopic (exact) mass is 371 g/mol. The van der Waals surface area contributed by atoms with Crippen molar-refractivity contribution < 1.29 is 27.6 Å². The van der Waals surface area contributed by atoms with Gasteiger partial charge in [0.1, 0.15) is 28.7 Å². The number of halogens is 1. The summed E-state index contributed by atoms with van der Waals surface area (Å²) in [7, 11) is 2.89. The first-order chi connectivity index (χ1) is 12.9. The van der Waals surface area contributed by atoms with E-state index in [1.165, 1.54) is 24.1 Å². The average Bonchev–Trinajstić information content (AvgIpc) is 3.28. The van der Waals surface area contributed by atoms with E-state index >= 15 is 0 Å². The number of rotatable bonds is 5. The SMILES string of the molecule is COC(=O)c1cc(CN(C)C(=O)c2ccc(-c3ccc(F)cc3)o2)oc1C. The van der Waals surface area contributed by atoms with Crippen LogP contribution in [0, 0.1) is 12.7 Å². The molecule has 6 nitrogen and oxygen atoms in total. The molecular weight excluding hydrogens is 353 g/mol. The summed E-state index contributed by atoms with van der Waals surface area (Å²) in [5.74, 6) is 0.301. The van der Waals surface area contributed by atoms with E-state index in [0.717, 1.165) is 0 Å². The van der Waals surface area contributed by atoms with Crippen molar-refractivity contribution in [2.75, 3.05) is 14.2 Å². The van der Waals surface area contributed by atoms with Crippen LogP contribution in [0.4, 0.5) is 4.39 Å². The van der Waals surface area contributed by atoms with Crippen LogP contribution >= 0.6 is 0 Å². The summed E-state index contributed by atoms with van der Waals surface area (Å²) in [6.07, 6.45) is 0. The van der Waals surface area contributed by atoms with Gasteiger partial charge in [-0.1, -0.05) is 0 Å². The van der Waals surface area contributed by atoms with Gasteiger partial charge in [-0.3, -0.25) is 4.79 Å². The lowest BCUT2D eigenvalue weighted by molar-refractivity contribution is 0.0598. The van der Waals surface area contributed by atoms with Crippen molar-refractivity contribution in [3.63, 3.8) is 0 Å². The van der Waals surface area contributed by atoms with Crippen LogP contribution in [0.3, 0.4) is 0 Å². The molecule has 0 unspecified atom stereocenters. The molecule has 1 amide bonds. The lowest BCUT2D eigenvalue weighted by Crippen LogP contribution is -2.25. The van der Waals surface area contributed by atoms with Crippen LogP contribution in [0.5, 0.6) is 0 Å². The number of methoxy groups -OCH3 is 1. The Balaban J connectivity index is 1.72. The second-order valence-electron chi connectivity index (χ2n) is 6.01. The van der Waals surface area contributed by atoms with E-state index in [1.54, 1.807) is 44.3 Å². The van der Waals surface area contributed by atoms with Gasteiger partial charge in [-0.15, -0.1) is 0 Å². The van der Waals surface area contributed by atoms with Crippen molar-refractivity contribution in [1.82, 2.24) is 4.90 Å². The zero-order chi connectivity index (χ0) is 19.6. The summed E-state index contributed by atoms with van der Waals surface area (Å²) in [5, 5.41) is 0. The van der Waals surface area contributed by atoms with Gasteiger partial charge in [0.2, 0.25) is 0 Å². The van der Waals surface area contributed by atoms with Crippen LogP contribution in [0.25, 0.3) is 11.3 Å². The van der Waals surface area contributed by atoms with E-state index in [0.29, 0.717) is 28.4 Å². The van der Waals surface area contributed by atoms with Crippen LogP contribution in [0.1, 0.15) is 32.4 Å². The summed E-state index contributed by atoms with van der Waals surface area (Å²) >= 11 is 0. The molecule has 140 valence electrons. The molecule has 0 fully saturated rings. The van der Waals surface area contributed by atoms with Gasteiger partial charge >= 0.3 is 5.97 Å². The number of ether oxygens (including phenoxy) is 1. The fraction of sp³-hybridized carbons (Fsp3) is 0.200. The highest BCUT2D eigenvalue weighted by Gasteiger charge is 2.20. The molecular formula is C20H18FNO5. The van der Waals surface area contributed by atoms with Crippen molar-refractivity contribution in [2.24, 2.45) is 0 Å². The number of carbonyl (C=O) groups excluding carboxylic acids is 2. The number of hydrogen-bond donors (Lipinski definition) is 0. The molecule has 0 saturated heterocycles. The molecule has 27 heavy (non-hydrogen) atoms. The standard InChI is InChI=1S/C20H18FNO5/c1-12-16(20(24)25-3)10-15(26-12)11-22(2)19(23)18-9-8-17(27-18)13-4-6-14(21)7-5-13/h4-10H,11H2,1-3H3. The van der Waals surface area contributed by atoms with Gasteiger partial charge in [0, 0.05) is 12.6 Å². The maximum Gasteiger partial charge on any atom is 0.341 e. The number of hydrogen-bond acceptors (Lipinski definition) is 5. The Bertz CT molecular complexity index is 971. The highest BCUT2D eigenvalue weighted by atomic mass is 19.1. The maximum absolute atomic E-state index is 13.0. The second-order valence-corrected chi connectivity index (χ2v) is 6.01. The zero-order valence-electron chi connectivity index (χ0n) is 15.1. The molecule has 0 aliphatic carbocycles. The molecule has 2 aromatic heterocycles. The molecule has 2 heterocycles. The maximum atomic E-state index is 13.0. The minimum atomic E-state index is -0.494. The molecule has 7 heteroatoms. The quantitative estimate of drug-likeness (QED) is 0.633. The predicted molar refractivity (Wildman–Crippen MR) is 94.7 cm³/mol. The van der Waals surface area contributed by atoms with Crippen LogP contribution in [-0.2, 0) is 11.3 Å². The average molecular weight is 371 g/mol. The van der Waals surface area contributed by atoms with Crippen molar-refractivity contribution >= 4 is 11.9 Å². The summed E-state index contributed by atoms with van der Waals surface area (Å²) < 4.78 is 28.8. The number of esters is 1. The van der Waals surface area contributed by atoms with Crippen molar-refractivity contribution in [3.05, 3.63) is 71.1 Å². The molecule has 0 saturated carbocycles. The van der Waals surface area contributed by atoms with E-state index < -0.39 is 5.97 Å². The van der Waals surface area contributed by atoms with Crippen LogP contribution in [-0.4, -0.2) is 30.9 Å². The minimum absolute atomic E-state index is 0.147. The van der Waals surface area contributed by atoms with Gasteiger partial charge in [0.05, 0.1) is 13.7 Å². The number of furan rings is 2. The summed E-state index contributed by atoms with van der Waals surface area (Å²) in [6.45, 7) is 1.81. The first kappa shape index (κ1) is 18.4. The lowest BCUT2D eigenvalue weighted by Gasteiger charge is -2.13.